The molecule has 3 atom stereocenters. The second kappa shape index (κ2) is 8.23. The Labute approximate surface area is 178 Å². The summed E-state index contributed by atoms with van der Waals surface area (Å²) in [5, 5.41) is 15.1. The van der Waals surface area contributed by atoms with Gasteiger partial charge in [-0.25, -0.2) is 0 Å². The van der Waals surface area contributed by atoms with Gasteiger partial charge in [-0.3, -0.25) is 4.79 Å². The van der Waals surface area contributed by atoms with Crippen LogP contribution in [0.15, 0.2) is 66.2 Å². The van der Waals surface area contributed by atoms with Gasteiger partial charge in [0, 0.05) is 5.56 Å². The number of hydrogen-bond donors (Lipinski definition) is 1. The zero-order valence-corrected chi connectivity index (χ0v) is 18.0. The van der Waals surface area contributed by atoms with E-state index in [9.17, 15) is 9.90 Å². The molecule has 0 saturated carbocycles. The van der Waals surface area contributed by atoms with Gasteiger partial charge in [0.1, 0.15) is 6.61 Å². The summed E-state index contributed by atoms with van der Waals surface area (Å²) < 4.78 is 5.94. The lowest BCUT2D eigenvalue weighted by Crippen LogP contribution is -2.39. The first-order chi connectivity index (χ1) is 14.5. The van der Waals surface area contributed by atoms with Gasteiger partial charge in [-0.05, 0) is 58.9 Å². The summed E-state index contributed by atoms with van der Waals surface area (Å²) in [6.45, 7) is 6.28. The summed E-state index contributed by atoms with van der Waals surface area (Å²) in [5.74, 6) is -0.128. The van der Waals surface area contributed by atoms with Crippen molar-refractivity contribution in [2.45, 2.75) is 52.7 Å². The topological polar surface area (TPSA) is 46.5 Å². The van der Waals surface area contributed by atoms with E-state index in [4.69, 9.17) is 4.74 Å². The fourth-order valence-electron chi connectivity index (χ4n) is 4.90. The standard InChI is InChI=1S/C27H30O3/c1-4-18-15-27(3,16-19(5-2)25(18)28)26(29)30-17-24-22-12-8-6-10-20(22)14-21-11-7-9-13-23(21)24/h6-15,19,25,28H,4-5,16-17H2,1-3H3. The molecule has 0 saturated heterocycles. The van der Waals surface area contributed by atoms with Crippen molar-refractivity contribution in [1.82, 2.24) is 0 Å². The van der Waals surface area contributed by atoms with E-state index in [-0.39, 0.29) is 18.5 Å². The smallest absolute Gasteiger partial charge is 0.316 e. The molecular weight excluding hydrogens is 372 g/mol. The van der Waals surface area contributed by atoms with E-state index in [1.54, 1.807) is 0 Å². The number of fused-ring (bicyclic) bond motifs is 2. The van der Waals surface area contributed by atoms with E-state index in [0.717, 1.165) is 45.5 Å². The van der Waals surface area contributed by atoms with Crippen LogP contribution >= 0.6 is 0 Å². The van der Waals surface area contributed by atoms with Gasteiger partial charge in [0.2, 0.25) is 0 Å². The summed E-state index contributed by atoms with van der Waals surface area (Å²) in [6, 6.07) is 18.7. The Kier molecular flexibility index (Phi) is 5.66. The highest BCUT2D eigenvalue weighted by Crippen LogP contribution is 2.41. The third-order valence-corrected chi connectivity index (χ3v) is 6.65. The highest BCUT2D eigenvalue weighted by Gasteiger charge is 2.42. The van der Waals surface area contributed by atoms with Gasteiger partial charge >= 0.3 is 5.97 Å². The van der Waals surface area contributed by atoms with Crippen molar-refractivity contribution in [3.05, 3.63) is 71.8 Å². The summed E-state index contributed by atoms with van der Waals surface area (Å²) in [7, 11) is 0. The molecule has 0 aromatic heterocycles. The third kappa shape index (κ3) is 3.63. The Hall–Kier alpha value is -2.65. The van der Waals surface area contributed by atoms with E-state index >= 15 is 0 Å². The maximum absolute atomic E-state index is 13.2. The molecule has 3 unspecified atom stereocenters. The minimum absolute atomic E-state index is 0.0842. The molecule has 3 aromatic rings. The molecule has 0 fully saturated rings. The van der Waals surface area contributed by atoms with Crippen LogP contribution in [0.1, 0.15) is 45.6 Å². The highest BCUT2D eigenvalue weighted by atomic mass is 16.5. The van der Waals surface area contributed by atoms with E-state index in [1.807, 2.05) is 44.2 Å². The minimum atomic E-state index is -0.703. The molecule has 0 amide bonds. The van der Waals surface area contributed by atoms with Crippen LogP contribution in [0.5, 0.6) is 0 Å². The van der Waals surface area contributed by atoms with Gasteiger partial charge < -0.3 is 9.84 Å². The van der Waals surface area contributed by atoms with Crippen LogP contribution in [-0.4, -0.2) is 17.2 Å². The van der Waals surface area contributed by atoms with Crippen molar-refractivity contribution in [3.8, 4) is 0 Å². The largest absolute Gasteiger partial charge is 0.460 e. The van der Waals surface area contributed by atoms with E-state index < -0.39 is 11.5 Å². The van der Waals surface area contributed by atoms with Gasteiger partial charge in [0.25, 0.3) is 0 Å². The SMILES string of the molecule is CCC1=CC(C)(C(=O)OCc2c3ccccc3cc3ccccc23)CC(CC)C1O. The van der Waals surface area contributed by atoms with Crippen molar-refractivity contribution in [1.29, 1.82) is 0 Å². The van der Waals surface area contributed by atoms with Crippen LogP contribution < -0.4 is 0 Å². The van der Waals surface area contributed by atoms with Crippen LogP contribution in [-0.2, 0) is 16.1 Å². The maximum Gasteiger partial charge on any atom is 0.316 e. The molecule has 1 N–H and O–H groups in total. The lowest BCUT2D eigenvalue weighted by Gasteiger charge is -2.37. The van der Waals surface area contributed by atoms with Crippen LogP contribution in [0.25, 0.3) is 21.5 Å². The van der Waals surface area contributed by atoms with E-state index in [1.165, 1.54) is 0 Å². The van der Waals surface area contributed by atoms with Crippen molar-refractivity contribution >= 4 is 27.5 Å². The summed E-state index contributed by atoms with van der Waals surface area (Å²) in [6.07, 6.45) is 3.70. The van der Waals surface area contributed by atoms with E-state index in [0.29, 0.717) is 6.42 Å². The molecule has 30 heavy (non-hydrogen) atoms. The number of rotatable bonds is 5. The first-order valence-electron chi connectivity index (χ1n) is 10.9. The highest BCUT2D eigenvalue weighted by molar-refractivity contribution is 6.02. The number of benzene rings is 3. The van der Waals surface area contributed by atoms with Crippen molar-refractivity contribution < 1.29 is 14.6 Å². The first-order valence-corrected chi connectivity index (χ1v) is 10.9. The summed E-state index contributed by atoms with van der Waals surface area (Å²) in [4.78, 5) is 13.2. The minimum Gasteiger partial charge on any atom is -0.460 e. The maximum atomic E-state index is 13.2. The molecule has 1 aliphatic rings. The van der Waals surface area contributed by atoms with Crippen molar-refractivity contribution in [2.24, 2.45) is 11.3 Å². The normalized spacial score (nSPS) is 24.1. The Morgan fingerprint density at radius 3 is 2.23 bits per heavy atom. The van der Waals surface area contributed by atoms with Crippen LogP contribution in [0.4, 0.5) is 0 Å². The zero-order chi connectivity index (χ0) is 21.3. The second-order valence-electron chi connectivity index (χ2n) is 8.68. The molecule has 0 bridgehead atoms. The molecular formula is C27H30O3. The molecule has 3 aromatic carbocycles. The molecule has 0 aliphatic heterocycles. The molecule has 4 rings (SSSR count). The Bertz CT molecular complexity index is 1060. The lowest BCUT2D eigenvalue weighted by atomic mass is 9.70. The number of carbonyl (C=O) groups excluding carboxylic acids is 1. The fraction of sp³-hybridized carbons (Fsp3) is 0.370. The molecule has 1 aliphatic carbocycles. The van der Waals surface area contributed by atoms with Crippen LogP contribution in [0, 0.1) is 11.3 Å². The number of aliphatic hydroxyl groups is 1. The molecule has 3 nitrogen and oxygen atoms in total. The molecule has 156 valence electrons. The lowest BCUT2D eigenvalue weighted by molar-refractivity contribution is -0.155. The van der Waals surface area contributed by atoms with Crippen LogP contribution in [0.3, 0.4) is 0 Å². The summed E-state index contributed by atoms with van der Waals surface area (Å²) in [5.41, 5.74) is 1.29. The zero-order valence-electron chi connectivity index (χ0n) is 18.0. The molecule has 3 heteroatoms. The number of aliphatic hydroxyl groups excluding tert-OH is 1. The third-order valence-electron chi connectivity index (χ3n) is 6.65. The molecule has 0 spiro atoms. The van der Waals surface area contributed by atoms with Gasteiger partial charge in [-0.1, -0.05) is 74.9 Å². The van der Waals surface area contributed by atoms with Gasteiger partial charge in [-0.15, -0.1) is 0 Å². The Morgan fingerprint density at radius 1 is 1.07 bits per heavy atom. The van der Waals surface area contributed by atoms with Gasteiger partial charge in [0.05, 0.1) is 11.5 Å². The fourth-order valence-corrected chi connectivity index (χ4v) is 4.90. The van der Waals surface area contributed by atoms with Gasteiger partial charge in [-0.2, -0.15) is 0 Å². The van der Waals surface area contributed by atoms with Gasteiger partial charge in [0.15, 0.2) is 0 Å². The van der Waals surface area contributed by atoms with Crippen molar-refractivity contribution in [2.75, 3.05) is 0 Å². The monoisotopic (exact) mass is 402 g/mol. The van der Waals surface area contributed by atoms with E-state index in [2.05, 4.69) is 37.3 Å². The molecule has 0 heterocycles. The van der Waals surface area contributed by atoms with Crippen LogP contribution in [0.2, 0.25) is 0 Å². The number of carbonyl (C=O) groups is 1. The average molecular weight is 403 g/mol. The second-order valence-corrected chi connectivity index (χ2v) is 8.68. The predicted molar refractivity (Wildman–Crippen MR) is 122 cm³/mol. The van der Waals surface area contributed by atoms with Crippen molar-refractivity contribution in [3.63, 3.8) is 0 Å². The predicted octanol–water partition coefficient (Wildman–Crippen LogP) is 6.17. The quantitative estimate of drug-likeness (QED) is 0.315. The molecule has 0 radical (unpaired) electrons. The average Bonchev–Trinajstić information content (AvgIpc) is 2.77. The Morgan fingerprint density at radius 2 is 1.67 bits per heavy atom. The number of hydrogen-bond acceptors (Lipinski definition) is 3. The number of ether oxygens (including phenoxy) is 1. The summed E-state index contributed by atoms with van der Waals surface area (Å²) >= 11 is 0. The first kappa shape index (κ1) is 20.6. The Balaban J connectivity index is 1.67. The number of esters is 1.